The minimum atomic E-state index is -0.274. The molecule has 3 rings (SSSR count). The molecule has 0 radical (unpaired) electrons. The number of rotatable bonds is 3. The highest BCUT2D eigenvalue weighted by Crippen LogP contribution is 2.26. The van der Waals surface area contributed by atoms with Crippen molar-refractivity contribution in [1.29, 1.82) is 5.26 Å². The van der Waals surface area contributed by atoms with Gasteiger partial charge in [-0.05, 0) is 53.6 Å². The number of phenols is 1. The maximum Gasteiger partial charge on any atom is 0.256 e. The molecule has 0 saturated heterocycles. The maximum absolute atomic E-state index is 12.6. The summed E-state index contributed by atoms with van der Waals surface area (Å²) in [5.41, 5.74) is 3.13. The molecule has 3 aromatic rings. The molecular weight excluding hydrogens is 300 g/mol. The summed E-state index contributed by atoms with van der Waals surface area (Å²) in [6.45, 7) is 0. The molecule has 1 amide bonds. The van der Waals surface area contributed by atoms with Crippen LogP contribution in [0, 0.1) is 11.3 Å². The summed E-state index contributed by atoms with van der Waals surface area (Å²) in [7, 11) is 0. The smallest absolute Gasteiger partial charge is 0.256 e. The summed E-state index contributed by atoms with van der Waals surface area (Å²) in [4.78, 5) is 12.6. The number of phenolic OH excluding ortho intramolecular Hbond substituents is 1. The lowest BCUT2D eigenvalue weighted by molar-refractivity contribution is 0.102. The van der Waals surface area contributed by atoms with Crippen LogP contribution >= 0.6 is 0 Å². The van der Waals surface area contributed by atoms with Gasteiger partial charge >= 0.3 is 0 Å². The Morgan fingerprint density at radius 3 is 2.33 bits per heavy atom. The molecule has 116 valence electrons. The van der Waals surface area contributed by atoms with Crippen molar-refractivity contribution in [3.05, 3.63) is 83.9 Å². The molecule has 0 atom stereocenters. The Hall–Kier alpha value is -3.58. The number of carbonyl (C=O) groups is 1. The summed E-state index contributed by atoms with van der Waals surface area (Å²) in [6, 6.07) is 22.8. The molecule has 0 unspecified atom stereocenters. The first kappa shape index (κ1) is 15.3. The van der Waals surface area contributed by atoms with E-state index in [4.69, 9.17) is 5.26 Å². The Balaban J connectivity index is 1.99. The van der Waals surface area contributed by atoms with E-state index in [0.717, 1.165) is 5.56 Å². The Morgan fingerprint density at radius 2 is 1.67 bits per heavy atom. The lowest BCUT2D eigenvalue weighted by Crippen LogP contribution is -2.13. The molecule has 0 heterocycles. The second-order valence-corrected chi connectivity index (χ2v) is 5.24. The molecule has 0 saturated carbocycles. The number of nitrogens with one attached hydrogen (secondary N) is 1. The van der Waals surface area contributed by atoms with Gasteiger partial charge in [0.25, 0.3) is 5.91 Å². The quantitative estimate of drug-likeness (QED) is 0.712. The Bertz CT molecular complexity index is 911. The van der Waals surface area contributed by atoms with E-state index >= 15 is 0 Å². The third-order valence-corrected chi connectivity index (χ3v) is 3.60. The minimum absolute atomic E-state index is 0.136. The molecule has 4 nitrogen and oxygen atoms in total. The number of hydrogen-bond acceptors (Lipinski definition) is 3. The number of nitriles is 1. The van der Waals surface area contributed by atoms with Gasteiger partial charge in [0, 0.05) is 11.3 Å². The van der Waals surface area contributed by atoms with Gasteiger partial charge in [-0.25, -0.2) is 0 Å². The van der Waals surface area contributed by atoms with Gasteiger partial charge in [0.2, 0.25) is 0 Å². The SMILES string of the molecule is N#Cc1ccc(C(=O)Nc2ccc(O)cc2)c(-c2ccccc2)c1. The van der Waals surface area contributed by atoms with Crippen molar-refractivity contribution in [2.24, 2.45) is 0 Å². The second-order valence-electron chi connectivity index (χ2n) is 5.24. The Morgan fingerprint density at radius 1 is 0.958 bits per heavy atom. The highest BCUT2D eigenvalue weighted by molar-refractivity contribution is 6.08. The fourth-order valence-electron chi connectivity index (χ4n) is 2.41. The molecule has 3 aromatic carbocycles. The van der Waals surface area contributed by atoms with Crippen molar-refractivity contribution < 1.29 is 9.90 Å². The number of nitrogens with zero attached hydrogens (tertiary/aromatic N) is 1. The molecule has 4 heteroatoms. The van der Waals surface area contributed by atoms with Gasteiger partial charge in [-0.15, -0.1) is 0 Å². The predicted molar refractivity (Wildman–Crippen MR) is 92.7 cm³/mol. The number of anilines is 1. The van der Waals surface area contributed by atoms with E-state index in [1.807, 2.05) is 30.3 Å². The van der Waals surface area contributed by atoms with E-state index < -0.39 is 0 Å². The van der Waals surface area contributed by atoms with Crippen molar-refractivity contribution >= 4 is 11.6 Å². The standard InChI is InChI=1S/C20H14N2O2/c21-13-14-6-11-18(19(12-14)15-4-2-1-3-5-15)20(24)22-16-7-9-17(23)10-8-16/h1-12,23H,(H,22,24). The third kappa shape index (κ3) is 3.26. The molecule has 0 bridgehead atoms. The van der Waals surface area contributed by atoms with Crippen LogP contribution in [0.15, 0.2) is 72.8 Å². The van der Waals surface area contributed by atoms with Crippen LogP contribution in [0.3, 0.4) is 0 Å². The zero-order chi connectivity index (χ0) is 16.9. The molecular formula is C20H14N2O2. The van der Waals surface area contributed by atoms with Crippen LogP contribution in [0.1, 0.15) is 15.9 Å². The highest BCUT2D eigenvalue weighted by atomic mass is 16.3. The molecule has 0 aliphatic carbocycles. The molecule has 0 aromatic heterocycles. The zero-order valence-corrected chi connectivity index (χ0v) is 12.7. The molecule has 0 fully saturated rings. The van der Waals surface area contributed by atoms with Gasteiger partial charge in [-0.2, -0.15) is 5.26 Å². The van der Waals surface area contributed by atoms with Gasteiger partial charge in [-0.1, -0.05) is 30.3 Å². The topological polar surface area (TPSA) is 73.1 Å². The monoisotopic (exact) mass is 314 g/mol. The fourth-order valence-corrected chi connectivity index (χ4v) is 2.41. The maximum atomic E-state index is 12.6. The van der Waals surface area contributed by atoms with Crippen molar-refractivity contribution in [2.45, 2.75) is 0 Å². The largest absolute Gasteiger partial charge is 0.508 e. The van der Waals surface area contributed by atoms with Gasteiger partial charge < -0.3 is 10.4 Å². The summed E-state index contributed by atoms with van der Waals surface area (Å²) in [5, 5.41) is 21.2. The predicted octanol–water partition coefficient (Wildman–Crippen LogP) is 4.18. The number of hydrogen-bond donors (Lipinski definition) is 2. The van der Waals surface area contributed by atoms with Crippen LogP contribution in [-0.2, 0) is 0 Å². The fraction of sp³-hybridized carbons (Fsp3) is 0. The molecule has 0 spiro atoms. The normalized spacial score (nSPS) is 9.96. The van der Waals surface area contributed by atoms with Crippen LogP contribution in [-0.4, -0.2) is 11.0 Å². The van der Waals surface area contributed by atoms with Crippen LogP contribution in [0.25, 0.3) is 11.1 Å². The van der Waals surface area contributed by atoms with Gasteiger partial charge in [0.05, 0.1) is 11.6 Å². The first-order valence-electron chi connectivity index (χ1n) is 7.37. The van der Waals surface area contributed by atoms with Gasteiger partial charge in [-0.3, -0.25) is 4.79 Å². The van der Waals surface area contributed by atoms with E-state index in [0.29, 0.717) is 22.4 Å². The summed E-state index contributed by atoms with van der Waals surface area (Å²) < 4.78 is 0. The van der Waals surface area contributed by atoms with E-state index in [2.05, 4.69) is 11.4 Å². The van der Waals surface area contributed by atoms with E-state index in [1.54, 1.807) is 30.3 Å². The average Bonchev–Trinajstić information content (AvgIpc) is 2.63. The summed E-state index contributed by atoms with van der Waals surface area (Å²) in [5.74, 6) is -0.139. The lowest BCUT2D eigenvalue weighted by atomic mass is 9.97. The Labute approximate surface area is 139 Å². The van der Waals surface area contributed by atoms with E-state index in [1.165, 1.54) is 12.1 Å². The number of carbonyl (C=O) groups excluding carboxylic acids is 1. The van der Waals surface area contributed by atoms with E-state index in [9.17, 15) is 9.90 Å². The van der Waals surface area contributed by atoms with E-state index in [-0.39, 0.29) is 11.7 Å². The van der Waals surface area contributed by atoms with Crippen molar-refractivity contribution in [2.75, 3.05) is 5.32 Å². The average molecular weight is 314 g/mol. The zero-order valence-electron chi connectivity index (χ0n) is 12.7. The highest BCUT2D eigenvalue weighted by Gasteiger charge is 2.14. The van der Waals surface area contributed by atoms with Crippen LogP contribution < -0.4 is 5.32 Å². The first-order chi connectivity index (χ1) is 11.7. The lowest BCUT2D eigenvalue weighted by Gasteiger charge is -2.11. The number of amides is 1. The molecule has 0 aliphatic heterocycles. The summed E-state index contributed by atoms with van der Waals surface area (Å²) in [6.07, 6.45) is 0. The number of benzene rings is 3. The van der Waals surface area contributed by atoms with Crippen LogP contribution in [0.4, 0.5) is 5.69 Å². The minimum Gasteiger partial charge on any atom is -0.508 e. The first-order valence-corrected chi connectivity index (χ1v) is 7.37. The van der Waals surface area contributed by atoms with Gasteiger partial charge in [0.15, 0.2) is 0 Å². The Kier molecular flexibility index (Phi) is 4.26. The van der Waals surface area contributed by atoms with Crippen molar-refractivity contribution in [3.8, 4) is 22.9 Å². The van der Waals surface area contributed by atoms with Crippen molar-refractivity contribution in [1.82, 2.24) is 0 Å². The molecule has 0 aliphatic rings. The summed E-state index contributed by atoms with van der Waals surface area (Å²) >= 11 is 0. The van der Waals surface area contributed by atoms with Gasteiger partial charge in [0.1, 0.15) is 5.75 Å². The third-order valence-electron chi connectivity index (χ3n) is 3.60. The second kappa shape index (κ2) is 6.67. The van der Waals surface area contributed by atoms with Crippen LogP contribution in [0.2, 0.25) is 0 Å². The van der Waals surface area contributed by atoms with Crippen molar-refractivity contribution in [3.63, 3.8) is 0 Å². The number of aromatic hydroxyl groups is 1. The molecule has 24 heavy (non-hydrogen) atoms. The van der Waals surface area contributed by atoms with Crippen LogP contribution in [0.5, 0.6) is 5.75 Å². The molecule has 2 N–H and O–H groups in total.